The van der Waals surface area contributed by atoms with Gasteiger partial charge in [-0.2, -0.15) is 0 Å². The van der Waals surface area contributed by atoms with Crippen LogP contribution in [0.4, 0.5) is 0 Å². The van der Waals surface area contributed by atoms with E-state index in [1.54, 1.807) is 6.08 Å². The number of carbonyl (C=O) groups is 2. The summed E-state index contributed by atoms with van der Waals surface area (Å²) in [5, 5.41) is 23.1. The molecule has 0 spiro atoms. The third-order valence-corrected chi connectivity index (χ3v) is 11.2. The Morgan fingerprint density at radius 1 is 0.482 bits per heavy atom. The maximum atomic E-state index is 12.4. The van der Waals surface area contributed by atoms with Crippen molar-refractivity contribution in [3.8, 4) is 0 Å². The van der Waals surface area contributed by atoms with Crippen molar-refractivity contribution < 1.29 is 24.5 Å². The predicted octanol–water partition coefficient (Wildman–Crippen LogP) is 14.3. The van der Waals surface area contributed by atoms with E-state index < -0.39 is 12.1 Å². The molecule has 3 N–H and O–H groups in total. The van der Waals surface area contributed by atoms with Gasteiger partial charge in [-0.1, -0.05) is 212 Å². The van der Waals surface area contributed by atoms with Gasteiger partial charge in [0, 0.05) is 12.8 Å². The highest BCUT2D eigenvalue weighted by molar-refractivity contribution is 5.76. The molecule has 0 aliphatic carbocycles. The van der Waals surface area contributed by atoms with Crippen LogP contribution in [-0.2, 0) is 14.3 Å². The van der Waals surface area contributed by atoms with Gasteiger partial charge in [-0.3, -0.25) is 9.59 Å². The van der Waals surface area contributed by atoms with Gasteiger partial charge in [0.05, 0.1) is 25.4 Å². The molecule has 0 aromatic heterocycles. The van der Waals surface area contributed by atoms with Crippen LogP contribution in [-0.4, -0.2) is 47.4 Å². The monoisotopic (exact) mass is 790 g/mol. The van der Waals surface area contributed by atoms with Crippen molar-refractivity contribution in [1.82, 2.24) is 5.32 Å². The van der Waals surface area contributed by atoms with E-state index in [0.717, 1.165) is 57.8 Å². The fourth-order valence-corrected chi connectivity index (χ4v) is 7.39. The van der Waals surface area contributed by atoms with Crippen LogP contribution in [0.2, 0.25) is 0 Å². The third-order valence-electron chi connectivity index (χ3n) is 11.2. The Kier molecular flexibility index (Phi) is 44.7. The average molecular weight is 790 g/mol. The van der Waals surface area contributed by atoms with Gasteiger partial charge in [-0.05, 0) is 57.8 Å². The van der Waals surface area contributed by atoms with Crippen LogP contribution >= 0.6 is 0 Å². The number of unbranched alkanes of at least 4 members (excludes halogenated alkanes) is 32. The van der Waals surface area contributed by atoms with E-state index in [2.05, 4.69) is 31.3 Å². The minimum atomic E-state index is -0.862. The number of ether oxygens (including phenoxy) is 1. The van der Waals surface area contributed by atoms with Crippen LogP contribution in [0.25, 0.3) is 0 Å². The zero-order valence-electron chi connectivity index (χ0n) is 37.4. The molecule has 2 unspecified atom stereocenters. The first kappa shape index (κ1) is 54.3. The second kappa shape index (κ2) is 46.0. The second-order valence-corrected chi connectivity index (χ2v) is 16.8. The number of rotatable bonds is 45. The molecule has 330 valence electrons. The van der Waals surface area contributed by atoms with Crippen LogP contribution < -0.4 is 5.32 Å². The van der Waals surface area contributed by atoms with Gasteiger partial charge >= 0.3 is 5.97 Å². The molecule has 6 heteroatoms. The lowest BCUT2D eigenvalue weighted by molar-refractivity contribution is -0.143. The zero-order valence-corrected chi connectivity index (χ0v) is 37.4. The van der Waals surface area contributed by atoms with Crippen molar-refractivity contribution in [2.24, 2.45) is 0 Å². The van der Waals surface area contributed by atoms with E-state index in [-0.39, 0.29) is 18.5 Å². The topological polar surface area (TPSA) is 95.9 Å². The molecule has 2 atom stereocenters. The van der Waals surface area contributed by atoms with Crippen molar-refractivity contribution in [2.45, 2.75) is 270 Å². The molecule has 0 aliphatic heterocycles. The van der Waals surface area contributed by atoms with E-state index in [9.17, 15) is 19.8 Å². The SMILES string of the molecule is CCCCC/C=C\CCCCCCCC(=O)OCCCCCCCCCCCC(=O)NC(CO)C(O)/C=C/CCCCCCCCCCCCCCCCCC. The van der Waals surface area contributed by atoms with E-state index in [0.29, 0.717) is 19.4 Å². The molecule has 0 aromatic rings. The molecular weight excluding hydrogens is 695 g/mol. The molecule has 0 rings (SSSR count). The lowest BCUT2D eigenvalue weighted by Crippen LogP contribution is -2.45. The lowest BCUT2D eigenvalue weighted by atomic mass is 10.0. The zero-order chi connectivity index (χ0) is 40.8. The molecule has 0 bridgehead atoms. The van der Waals surface area contributed by atoms with Crippen molar-refractivity contribution in [3.63, 3.8) is 0 Å². The highest BCUT2D eigenvalue weighted by atomic mass is 16.5. The fraction of sp³-hybridized carbons (Fsp3) is 0.880. The van der Waals surface area contributed by atoms with E-state index in [1.165, 1.54) is 173 Å². The van der Waals surface area contributed by atoms with Crippen LogP contribution in [0.15, 0.2) is 24.3 Å². The molecule has 0 saturated carbocycles. The smallest absolute Gasteiger partial charge is 0.305 e. The second-order valence-electron chi connectivity index (χ2n) is 16.8. The molecule has 0 radical (unpaired) electrons. The first-order chi connectivity index (χ1) is 27.5. The van der Waals surface area contributed by atoms with Gasteiger partial charge in [0.25, 0.3) is 0 Å². The Bertz CT molecular complexity index is 874. The van der Waals surface area contributed by atoms with Crippen LogP contribution in [0.3, 0.4) is 0 Å². The molecule has 6 nitrogen and oxygen atoms in total. The van der Waals surface area contributed by atoms with Crippen LogP contribution in [0, 0.1) is 0 Å². The number of nitrogens with one attached hydrogen (secondary N) is 1. The van der Waals surface area contributed by atoms with Crippen molar-refractivity contribution >= 4 is 11.9 Å². The summed E-state index contributed by atoms with van der Waals surface area (Å²) in [6.45, 7) is 4.81. The normalized spacial score (nSPS) is 12.9. The number of hydrogen-bond acceptors (Lipinski definition) is 5. The van der Waals surface area contributed by atoms with Gasteiger partial charge in [0.2, 0.25) is 5.91 Å². The van der Waals surface area contributed by atoms with Gasteiger partial charge in [-0.15, -0.1) is 0 Å². The Balaban J connectivity index is 3.55. The van der Waals surface area contributed by atoms with Crippen LogP contribution in [0.1, 0.15) is 258 Å². The predicted molar refractivity (Wildman–Crippen MR) is 241 cm³/mol. The molecule has 0 aliphatic rings. The van der Waals surface area contributed by atoms with E-state index in [4.69, 9.17) is 4.74 Å². The van der Waals surface area contributed by atoms with Gasteiger partial charge < -0.3 is 20.3 Å². The molecule has 0 fully saturated rings. The van der Waals surface area contributed by atoms with Crippen molar-refractivity contribution in [1.29, 1.82) is 0 Å². The standard InChI is InChI=1S/C50H95NO5/c1-3-5-7-9-11-13-15-17-18-19-20-21-22-23-26-30-34-38-42-48(53)47(46-52)51-49(54)43-39-35-31-27-25-29-33-37-41-45-56-50(55)44-40-36-32-28-24-16-14-12-10-8-6-4-2/h12,14,38,42,47-48,52-53H,3-11,13,15-37,39-41,43-46H2,1-2H3,(H,51,54)/b14-12-,42-38+. The largest absolute Gasteiger partial charge is 0.466 e. The number of amides is 1. The molecule has 56 heavy (non-hydrogen) atoms. The molecular formula is C50H95NO5. The Morgan fingerprint density at radius 2 is 0.839 bits per heavy atom. The summed E-state index contributed by atoms with van der Waals surface area (Å²) in [6.07, 6.45) is 53.1. The molecule has 1 amide bonds. The van der Waals surface area contributed by atoms with E-state index >= 15 is 0 Å². The number of hydrogen-bond donors (Lipinski definition) is 3. The molecule has 0 saturated heterocycles. The van der Waals surface area contributed by atoms with E-state index in [1.807, 2.05) is 6.08 Å². The maximum Gasteiger partial charge on any atom is 0.305 e. The highest BCUT2D eigenvalue weighted by Gasteiger charge is 2.18. The summed E-state index contributed by atoms with van der Waals surface area (Å²) in [4.78, 5) is 24.4. The first-order valence-corrected chi connectivity index (χ1v) is 24.6. The number of carbonyl (C=O) groups excluding carboxylic acids is 2. The number of aliphatic hydroxyl groups is 2. The Hall–Kier alpha value is -1.66. The summed E-state index contributed by atoms with van der Waals surface area (Å²) in [5.74, 6) is -0.133. The van der Waals surface area contributed by atoms with Gasteiger partial charge in [0.15, 0.2) is 0 Å². The van der Waals surface area contributed by atoms with Gasteiger partial charge in [0.1, 0.15) is 0 Å². The minimum Gasteiger partial charge on any atom is -0.466 e. The van der Waals surface area contributed by atoms with Crippen molar-refractivity contribution in [3.05, 3.63) is 24.3 Å². The number of esters is 1. The summed E-state index contributed by atoms with van der Waals surface area (Å²) < 4.78 is 5.43. The summed E-state index contributed by atoms with van der Waals surface area (Å²) >= 11 is 0. The number of allylic oxidation sites excluding steroid dienone is 3. The summed E-state index contributed by atoms with van der Waals surface area (Å²) in [5.41, 5.74) is 0. The minimum absolute atomic E-state index is 0.0375. The highest BCUT2D eigenvalue weighted by Crippen LogP contribution is 2.15. The summed E-state index contributed by atoms with van der Waals surface area (Å²) in [6, 6.07) is -0.648. The third kappa shape index (κ3) is 42.0. The maximum absolute atomic E-state index is 12.4. The quantitative estimate of drug-likeness (QED) is 0.0324. The van der Waals surface area contributed by atoms with Crippen LogP contribution in [0.5, 0.6) is 0 Å². The Labute approximate surface area is 348 Å². The Morgan fingerprint density at radius 3 is 1.30 bits per heavy atom. The van der Waals surface area contributed by atoms with Crippen molar-refractivity contribution in [2.75, 3.05) is 13.2 Å². The van der Waals surface area contributed by atoms with Gasteiger partial charge in [-0.25, -0.2) is 0 Å². The molecule has 0 heterocycles. The fourth-order valence-electron chi connectivity index (χ4n) is 7.39. The molecule has 0 aromatic carbocycles. The summed E-state index contributed by atoms with van der Waals surface area (Å²) in [7, 11) is 0. The first-order valence-electron chi connectivity index (χ1n) is 24.6. The number of aliphatic hydroxyl groups excluding tert-OH is 2. The lowest BCUT2D eigenvalue weighted by Gasteiger charge is -2.20. The average Bonchev–Trinajstić information content (AvgIpc) is 3.20.